The molecule has 0 aromatic heterocycles. The molecule has 1 amide bonds. The molecule has 0 spiro atoms. The number of benzene rings is 1. The highest BCUT2D eigenvalue weighted by Gasteiger charge is 2.20. The minimum absolute atomic E-state index is 0.156. The quantitative estimate of drug-likeness (QED) is 0.879. The molecule has 1 aromatic rings. The van der Waals surface area contributed by atoms with Crippen molar-refractivity contribution in [1.82, 2.24) is 5.32 Å². The first-order valence-corrected chi connectivity index (χ1v) is 6.60. The Hall–Kier alpha value is -0.970. The van der Waals surface area contributed by atoms with Gasteiger partial charge in [-0.25, -0.2) is 0 Å². The zero-order chi connectivity index (χ0) is 14.6. The van der Waals surface area contributed by atoms with E-state index in [4.69, 9.17) is 27.9 Å². The Morgan fingerprint density at radius 2 is 1.95 bits per heavy atom. The van der Waals surface area contributed by atoms with Gasteiger partial charge < -0.3 is 15.2 Å². The summed E-state index contributed by atoms with van der Waals surface area (Å²) in [5, 5.41) is 13.0. The average Bonchev–Trinajstić information content (AvgIpc) is 2.35. The lowest BCUT2D eigenvalue weighted by Crippen LogP contribution is -2.40. The molecule has 4 nitrogen and oxygen atoms in total. The first-order valence-electron chi connectivity index (χ1n) is 5.84. The molecule has 0 aliphatic heterocycles. The van der Waals surface area contributed by atoms with Gasteiger partial charge in [-0.15, -0.1) is 0 Å². The van der Waals surface area contributed by atoms with Gasteiger partial charge in [-0.1, -0.05) is 30.1 Å². The van der Waals surface area contributed by atoms with Crippen molar-refractivity contribution in [3.8, 4) is 5.75 Å². The fraction of sp³-hybridized carbons (Fsp3) is 0.462. The topological polar surface area (TPSA) is 58.6 Å². The van der Waals surface area contributed by atoms with Gasteiger partial charge in [0.2, 0.25) is 0 Å². The van der Waals surface area contributed by atoms with Gasteiger partial charge in [-0.3, -0.25) is 4.79 Å². The van der Waals surface area contributed by atoms with Crippen LogP contribution in [-0.4, -0.2) is 30.3 Å². The second-order valence-corrected chi connectivity index (χ2v) is 5.32. The number of halogens is 2. The Balaban J connectivity index is 2.84. The van der Waals surface area contributed by atoms with Gasteiger partial charge in [0.05, 0.1) is 22.8 Å². The molecular formula is C13H17Cl2NO3. The minimum Gasteiger partial charge on any atom is -0.494 e. The number of nitrogens with one attached hydrogen (secondary N) is 1. The standard InChI is InChI=1S/C13H17Cl2NO3/c1-4-13(2,18)7-16-12(17)8-5-9(14)11(19-3)10(15)6-8/h5-6,18H,4,7H2,1-3H3,(H,16,17). The molecule has 0 saturated heterocycles. The Morgan fingerprint density at radius 3 is 2.37 bits per heavy atom. The van der Waals surface area contributed by atoms with Crippen molar-refractivity contribution in [3.63, 3.8) is 0 Å². The number of aliphatic hydroxyl groups is 1. The average molecular weight is 306 g/mol. The number of hydrogen-bond donors (Lipinski definition) is 2. The largest absolute Gasteiger partial charge is 0.494 e. The summed E-state index contributed by atoms with van der Waals surface area (Å²) in [5.74, 6) is -0.0133. The minimum atomic E-state index is -0.935. The second kappa shape index (κ2) is 6.46. The summed E-state index contributed by atoms with van der Waals surface area (Å²) in [5.41, 5.74) is -0.613. The molecule has 1 rings (SSSR count). The predicted octanol–water partition coefficient (Wildman–Crippen LogP) is 2.89. The van der Waals surface area contributed by atoms with Crippen molar-refractivity contribution in [2.24, 2.45) is 0 Å². The number of carbonyl (C=O) groups excluding carboxylic acids is 1. The summed E-state index contributed by atoms with van der Waals surface area (Å²) >= 11 is 11.9. The third kappa shape index (κ3) is 4.27. The second-order valence-electron chi connectivity index (χ2n) is 4.51. The van der Waals surface area contributed by atoms with Crippen molar-refractivity contribution in [1.29, 1.82) is 0 Å². The van der Waals surface area contributed by atoms with Crippen LogP contribution in [0.3, 0.4) is 0 Å². The lowest BCUT2D eigenvalue weighted by atomic mass is 10.0. The van der Waals surface area contributed by atoms with Crippen LogP contribution in [0.1, 0.15) is 30.6 Å². The Kier molecular flexibility index (Phi) is 5.47. The monoisotopic (exact) mass is 305 g/mol. The first-order chi connectivity index (χ1) is 8.80. The van der Waals surface area contributed by atoms with Crippen molar-refractivity contribution in [3.05, 3.63) is 27.7 Å². The molecule has 0 aliphatic rings. The van der Waals surface area contributed by atoms with Gasteiger partial charge in [0, 0.05) is 12.1 Å². The van der Waals surface area contributed by atoms with Crippen LogP contribution in [-0.2, 0) is 0 Å². The lowest BCUT2D eigenvalue weighted by Gasteiger charge is -2.21. The molecule has 106 valence electrons. The summed E-state index contributed by atoms with van der Waals surface area (Å²) in [6, 6.07) is 2.95. The van der Waals surface area contributed by atoms with E-state index in [0.29, 0.717) is 17.7 Å². The SMILES string of the molecule is CCC(C)(O)CNC(=O)c1cc(Cl)c(OC)c(Cl)c1. The van der Waals surface area contributed by atoms with Crippen LogP contribution in [0.4, 0.5) is 0 Å². The van der Waals surface area contributed by atoms with Crippen LogP contribution in [0.5, 0.6) is 5.75 Å². The maximum atomic E-state index is 11.9. The van der Waals surface area contributed by atoms with Gasteiger partial charge in [0.25, 0.3) is 5.91 Å². The fourth-order valence-corrected chi connectivity index (χ4v) is 2.03. The summed E-state index contributed by atoms with van der Waals surface area (Å²) < 4.78 is 5.01. The number of rotatable bonds is 5. The highest BCUT2D eigenvalue weighted by molar-refractivity contribution is 6.37. The van der Waals surface area contributed by atoms with E-state index in [9.17, 15) is 9.90 Å². The van der Waals surface area contributed by atoms with Crippen LogP contribution in [0, 0.1) is 0 Å². The summed E-state index contributed by atoms with van der Waals surface area (Å²) in [6.07, 6.45) is 0.539. The van der Waals surface area contributed by atoms with E-state index in [0.717, 1.165) is 0 Å². The molecule has 0 radical (unpaired) electrons. The van der Waals surface area contributed by atoms with Crippen molar-refractivity contribution in [2.45, 2.75) is 25.9 Å². The first kappa shape index (κ1) is 16.1. The number of methoxy groups -OCH3 is 1. The van der Waals surface area contributed by atoms with Crippen LogP contribution < -0.4 is 10.1 Å². The van der Waals surface area contributed by atoms with E-state index in [2.05, 4.69) is 5.32 Å². The Morgan fingerprint density at radius 1 is 1.42 bits per heavy atom. The zero-order valence-electron chi connectivity index (χ0n) is 11.1. The number of amides is 1. The molecular weight excluding hydrogens is 289 g/mol. The smallest absolute Gasteiger partial charge is 0.251 e. The highest BCUT2D eigenvalue weighted by Crippen LogP contribution is 2.33. The third-order valence-corrected chi connectivity index (χ3v) is 3.42. The van der Waals surface area contributed by atoms with E-state index in [1.807, 2.05) is 6.92 Å². The van der Waals surface area contributed by atoms with Crippen molar-refractivity contribution < 1.29 is 14.6 Å². The molecule has 1 atom stereocenters. The third-order valence-electron chi connectivity index (χ3n) is 2.86. The summed E-state index contributed by atoms with van der Waals surface area (Å²) in [4.78, 5) is 11.9. The molecule has 0 bridgehead atoms. The van der Waals surface area contributed by atoms with Crippen LogP contribution in [0.25, 0.3) is 0 Å². The van der Waals surface area contributed by atoms with Crippen molar-refractivity contribution in [2.75, 3.05) is 13.7 Å². The number of hydrogen-bond acceptors (Lipinski definition) is 3. The number of carbonyl (C=O) groups is 1. The Labute approximate surface area is 122 Å². The van der Waals surface area contributed by atoms with Gasteiger partial charge in [0.15, 0.2) is 5.75 Å². The summed E-state index contributed by atoms with van der Waals surface area (Å²) in [6.45, 7) is 3.65. The molecule has 6 heteroatoms. The molecule has 0 heterocycles. The molecule has 1 unspecified atom stereocenters. The highest BCUT2D eigenvalue weighted by atomic mass is 35.5. The van der Waals surface area contributed by atoms with Crippen LogP contribution in [0.2, 0.25) is 10.0 Å². The fourth-order valence-electron chi connectivity index (χ4n) is 1.38. The van der Waals surface area contributed by atoms with E-state index in [1.54, 1.807) is 6.92 Å². The zero-order valence-corrected chi connectivity index (χ0v) is 12.6. The van der Waals surface area contributed by atoms with Gasteiger partial charge in [-0.05, 0) is 25.5 Å². The number of ether oxygens (including phenoxy) is 1. The van der Waals surface area contributed by atoms with Gasteiger partial charge in [0.1, 0.15) is 0 Å². The van der Waals surface area contributed by atoms with Crippen LogP contribution in [0.15, 0.2) is 12.1 Å². The Bertz CT molecular complexity index is 452. The molecule has 0 aliphatic carbocycles. The maximum absolute atomic E-state index is 11.9. The molecule has 0 fully saturated rings. The molecule has 1 aromatic carbocycles. The van der Waals surface area contributed by atoms with Crippen molar-refractivity contribution >= 4 is 29.1 Å². The molecule has 19 heavy (non-hydrogen) atoms. The molecule has 2 N–H and O–H groups in total. The lowest BCUT2D eigenvalue weighted by molar-refractivity contribution is 0.0518. The van der Waals surface area contributed by atoms with E-state index >= 15 is 0 Å². The maximum Gasteiger partial charge on any atom is 0.251 e. The van der Waals surface area contributed by atoms with E-state index < -0.39 is 5.60 Å². The summed E-state index contributed by atoms with van der Waals surface area (Å²) in [7, 11) is 1.45. The predicted molar refractivity (Wildman–Crippen MR) is 76.3 cm³/mol. The van der Waals surface area contributed by atoms with E-state index in [1.165, 1.54) is 19.2 Å². The molecule has 0 saturated carbocycles. The van der Waals surface area contributed by atoms with E-state index in [-0.39, 0.29) is 22.5 Å². The normalized spacial score (nSPS) is 13.8. The van der Waals surface area contributed by atoms with Gasteiger partial charge in [-0.2, -0.15) is 0 Å². The van der Waals surface area contributed by atoms with Gasteiger partial charge >= 0.3 is 0 Å². The van der Waals surface area contributed by atoms with Crippen LogP contribution >= 0.6 is 23.2 Å².